The Labute approximate surface area is 98.7 Å². The molecule has 1 heterocycles. The Balaban J connectivity index is 2.12. The van der Waals surface area contributed by atoms with Gasteiger partial charge in [-0.05, 0) is 12.1 Å². The number of sulfonamides is 1. The van der Waals surface area contributed by atoms with Gasteiger partial charge in [0.15, 0.2) is 0 Å². The molecule has 15 heavy (non-hydrogen) atoms. The molecule has 0 aliphatic heterocycles. The van der Waals surface area contributed by atoms with Crippen LogP contribution < -0.4 is 5.32 Å². The van der Waals surface area contributed by atoms with Crippen LogP contribution in [0.4, 0.5) is 0 Å². The lowest BCUT2D eigenvalue weighted by Gasteiger charge is -2.14. The van der Waals surface area contributed by atoms with Crippen molar-refractivity contribution in [1.82, 2.24) is 0 Å². The summed E-state index contributed by atoms with van der Waals surface area (Å²) in [6.45, 7) is 1.82. The molecule has 0 bridgehead atoms. The summed E-state index contributed by atoms with van der Waals surface area (Å²) in [7, 11) is -3.18. The molecule has 0 radical (unpaired) electrons. The number of thiophene rings is 1. The van der Waals surface area contributed by atoms with E-state index < -0.39 is 10.0 Å². The first kappa shape index (κ1) is 12.9. The van der Waals surface area contributed by atoms with E-state index in [1.165, 1.54) is 16.2 Å². The summed E-state index contributed by atoms with van der Waals surface area (Å²) in [5, 5.41) is 2.01. The third-order valence-corrected chi connectivity index (χ3v) is 3.54. The van der Waals surface area contributed by atoms with Crippen LogP contribution in [0.3, 0.4) is 0 Å². The lowest BCUT2D eigenvalue weighted by molar-refractivity contribution is -0.667. The van der Waals surface area contributed by atoms with E-state index in [1.54, 1.807) is 0 Å². The molecule has 1 aromatic heterocycles. The van der Waals surface area contributed by atoms with Crippen molar-refractivity contribution in [1.29, 1.82) is 0 Å². The summed E-state index contributed by atoms with van der Waals surface area (Å²) in [5.74, 6) is 0. The average molecular weight is 269 g/mol. The summed E-state index contributed by atoms with van der Waals surface area (Å²) >= 11 is 7.30. The molecule has 0 aliphatic carbocycles. The highest BCUT2D eigenvalue weighted by Crippen LogP contribution is 2.20. The molecule has 0 saturated carbocycles. The fourth-order valence-corrected chi connectivity index (χ4v) is 2.54. The molecule has 0 aliphatic rings. The normalized spacial score (nSPS) is 11.9. The zero-order valence-electron chi connectivity index (χ0n) is 8.31. The van der Waals surface area contributed by atoms with Crippen LogP contribution in [0, 0.1) is 0 Å². The number of rotatable bonds is 6. The Bertz CT molecular complexity index is 403. The van der Waals surface area contributed by atoms with Crippen molar-refractivity contribution in [3.05, 3.63) is 26.1 Å². The second-order valence-electron chi connectivity index (χ2n) is 3.07. The van der Waals surface area contributed by atoms with Crippen LogP contribution >= 0.6 is 22.9 Å². The molecule has 2 N–H and O–H groups in total. The van der Waals surface area contributed by atoms with Crippen molar-refractivity contribution >= 4 is 33.0 Å². The second-order valence-corrected chi connectivity index (χ2v) is 6.60. The number of nitrogens with zero attached hydrogens (tertiary/aromatic N) is 1. The van der Waals surface area contributed by atoms with E-state index in [0.29, 0.717) is 13.1 Å². The van der Waals surface area contributed by atoms with E-state index >= 15 is 0 Å². The third-order valence-electron chi connectivity index (χ3n) is 1.63. The second kappa shape index (κ2) is 5.81. The predicted molar refractivity (Wildman–Crippen MR) is 62.9 cm³/mol. The van der Waals surface area contributed by atoms with Crippen molar-refractivity contribution < 1.29 is 13.7 Å². The van der Waals surface area contributed by atoms with E-state index in [9.17, 15) is 8.42 Å². The summed E-state index contributed by atoms with van der Waals surface area (Å²) in [4.78, 5) is 1.18. The van der Waals surface area contributed by atoms with Gasteiger partial charge >= 0.3 is 0 Å². The van der Waals surface area contributed by atoms with Gasteiger partial charge in [0.25, 0.3) is 0 Å². The Morgan fingerprint density at radius 2 is 2.27 bits per heavy atom. The zero-order valence-corrected chi connectivity index (χ0v) is 10.7. The Morgan fingerprint density at radius 1 is 1.53 bits per heavy atom. The number of hydrogen-bond donors (Lipinski definition) is 1. The van der Waals surface area contributed by atoms with Crippen LogP contribution in [0.25, 0.3) is 4.72 Å². The van der Waals surface area contributed by atoms with E-state index in [4.69, 9.17) is 11.6 Å². The van der Waals surface area contributed by atoms with Gasteiger partial charge in [-0.1, -0.05) is 18.1 Å². The summed E-state index contributed by atoms with van der Waals surface area (Å²) in [5.41, 5.74) is 0. The van der Waals surface area contributed by atoms with Crippen LogP contribution in [0.2, 0.25) is 4.34 Å². The van der Waals surface area contributed by atoms with E-state index in [2.05, 4.69) is 4.72 Å². The minimum absolute atomic E-state index is 0.331. The first-order valence-electron chi connectivity index (χ1n) is 4.42. The van der Waals surface area contributed by atoms with Crippen LogP contribution in [-0.4, -0.2) is 27.8 Å². The molecule has 0 aromatic carbocycles. The SMILES string of the molecule is CS(=O)(=O)[N-]CC[NH2+]Cc1ccc(Cl)s1. The van der Waals surface area contributed by atoms with Crippen molar-refractivity contribution in [3.8, 4) is 0 Å². The van der Waals surface area contributed by atoms with Gasteiger partial charge in [-0.3, -0.25) is 0 Å². The molecule has 1 rings (SSSR count). The highest BCUT2D eigenvalue weighted by molar-refractivity contribution is 7.93. The molecule has 7 heteroatoms. The smallest absolute Gasteiger partial charge is 0.111 e. The van der Waals surface area contributed by atoms with Crippen molar-refractivity contribution in [3.63, 3.8) is 0 Å². The lowest BCUT2D eigenvalue weighted by atomic mass is 10.4. The van der Waals surface area contributed by atoms with E-state index in [1.807, 2.05) is 17.4 Å². The van der Waals surface area contributed by atoms with E-state index in [-0.39, 0.29) is 0 Å². The molecule has 0 amide bonds. The molecule has 4 nitrogen and oxygen atoms in total. The number of nitrogens with two attached hydrogens (primary N) is 1. The van der Waals surface area contributed by atoms with Gasteiger partial charge in [0.05, 0.1) is 25.8 Å². The summed E-state index contributed by atoms with van der Waals surface area (Å²) < 4.78 is 25.6. The van der Waals surface area contributed by atoms with Gasteiger partial charge < -0.3 is 10.0 Å². The van der Waals surface area contributed by atoms with Crippen molar-refractivity contribution in [2.45, 2.75) is 6.54 Å². The predicted octanol–water partition coefficient (Wildman–Crippen LogP) is 0.798. The van der Waals surface area contributed by atoms with Gasteiger partial charge in [-0.2, -0.15) is 0 Å². The number of quaternary nitrogens is 1. The first-order chi connectivity index (χ1) is 6.97. The highest BCUT2D eigenvalue weighted by atomic mass is 35.5. The fraction of sp³-hybridized carbons (Fsp3) is 0.500. The third kappa shape index (κ3) is 6.11. The largest absolute Gasteiger partial charge is 0.545 e. The number of hydrogen-bond acceptors (Lipinski definition) is 3. The molecule has 0 unspecified atom stereocenters. The van der Waals surface area contributed by atoms with Gasteiger partial charge in [0.1, 0.15) is 6.54 Å². The standard InChI is InChI=1S/C8H12ClN2O2S2/c1-15(12,13)11-5-4-10-6-7-2-3-8(9)14-7/h2-3,10H,4-6H2,1H3/q-1/p+1. The van der Waals surface area contributed by atoms with Crippen molar-refractivity contribution in [2.24, 2.45) is 0 Å². The van der Waals surface area contributed by atoms with Crippen LogP contribution in [0.15, 0.2) is 12.1 Å². The summed E-state index contributed by atoms with van der Waals surface area (Å²) in [6.07, 6.45) is 1.10. The van der Waals surface area contributed by atoms with Crippen LogP contribution in [0.1, 0.15) is 4.88 Å². The Hall–Kier alpha value is -0.140. The van der Waals surface area contributed by atoms with Crippen molar-refractivity contribution in [2.75, 3.05) is 19.3 Å². The molecule has 0 fully saturated rings. The summed E-state index contributed by atoms with van der Waals surface area (Å²) in [6, 6.07) is 3.83. The zero-order chi connectivity index (χ0) is 11.3. The average Bonchev–Trinajstić information content (AvgIpc) is 2.49. The minimum Gasteiger partial charge on any atom is -0.545 e. The quantitative estimate of drug-likeness (QED) is 0.776. The molecule has 86 valence electrons. The topological polar surface area (TPSA) is 64.8 Å². The lowest BCUT2D eigenvalue weighted by Crippen LogP contribution is -2.83. The molecule has 1 aromatic rings. The monoisotopic (exact) mass is 268 g/mol. The van der Waals surface area contributed by atoms with Gasteiger partial charge in [0.2, 0.25) is 0 Å². The molecular formula is C8H13ClN2O2S2. The maximum atomic E-state index is 10.7. The van der Waals surface area contributed by atoms with Gasteiger partial charge in [-0.25, -0.2) is 8.42 Å². The van der Waals surface area contributed by atoms with Gasteiger partial charge in [0, 0.05) is 6.26 Å². The minimum atomic E-state index is -3.18. The number of halogens is 1. The van der Waals surface area contributed by atoms with E-state index in [0.717, 1.165) is 17.1 Å². The molecule has 0 spiro atoms. The highest BCUT2D eigenvalue weighted by Gasteiger charge is 1.98. The van der Waals surface area contributed by atoms with Crippen LogP contribution in [0.5, 0.6) is 0 Å². The maximum absolute atomic E-state index is 10.7. The molecule has 0 atom stereocenters. The maximum Gasteiger partial charge on any atom is 0.111 e. The first-order valence-corrected chi connectivity index (χ1v) is 7.46. The Kier molecular flexibility index (Phi) is 5.01. The molecular weight excluding hydrogens is 256 g/mol. The van der Waals surface area contributed by atoms with Gasteiger partial charge in [-0.15, -0.1) is 11.3 Å². The van der Waals surface area contributed by atoms with Crippen LogP contribution in [-0.2, 0) is 16.6 Å². The molecule has 0 saturated heterocycles. The fourth-order valence-electron chi connectivity index (χ4n) is 1.02. The Morgan fingerprint density at radius 3 is 2.80 bits per heavy atom.